The molecular weight excluding hydrogens is 220 g/mol. The molecule has 4 N–H and O–H groups in total. The molecule has 0 aliphatic heterocycles. The lowest BCUT2D eigenvalue weighted by atomic mass is 10.2. The Morgan fingerprint density at radius 3 is 2.76 bits per heavy atom. The van der Waals surface area contributed by atoms with Gasteiger partial charge in [0.2, 0.25) is 11.6 Å². The first-order chi connectivity index (χ1) is 8.25. The number of nitrogens with one attached hydrogen (secondary N) is 2. The van der Waals surface area contributed by atoms with Crippen LogP contribution in [0.25, 0.3) is 22.4 Å². The molecule has 17 heavy (non-hydrogen) atoms. The van der Waals surface area contributed by atoms with E-state index in [1.807, 2.05) is 24.3 Å². The number of fused-ring (bicyclic) bond motifs is 1. The quantitative estimate of drug-likeness (QED) is 0.590. The highest BCUT2D eigenvalue weighted by Gasteiger charge is 2.14. The van der Waals surface area contributed by atoms with E-state index in [1.165, 1.54) is 0 Å². The van der Waals surface area contributed by atoms with Gasteiger partial charge in [0.05, 0.1) is 5.52 Å². The topological polar surface area (TPSA) is 113 Å². The lowest BCUT2D eigenvalue weighted by Crippen LogP contribution is -2.12. The van der Waals surface area contributed by atoms with Crippen molar-refractivity contribution in [1.82, 2.24) is 25.4 Å². The third-order valence-corrected chi connectivity index (χ3v) is 2.40. The number of carbonyl (C=O) groups excluding carboxylic acids is 1. The normalized spacial score (nSPS) is 10.8. The molecule has 3 aromatic rings. The van der Waals surface area contributed by atoms with Crippen molar-refractivity contribution in [2.24, 2.45) is 5.73 Å². The van der Waals surface area contributed by atoms with Gasteiger partial charge < -0.3 is 5.73 Å². The number of para-hydroxylation sites is 1. The average Bonchev–Trinajstić information content (AvgIpc) is 2.95. The van der Waals surface area contributed by atoms with Crippen LogP contribution < -0.4 is 5.73 Å². The van der Waals surface area contributed by atoms with Crippen LogP contribution in [0.3, 0.4) is 0 Å². The van der Waals surface area contributed by atoms with Crippen LogP contribution in [0, 0.1) is 0 Å². The summed E-state index contributed by atoms with van der Waals surface area (Å²) < 4.78 is 0. The Morgan fingerprint density at radius 2 is 2.00 bits per heavy atom. The fourth-order valence-corrected chi connectivity index (χ4v) is 1.61. The fraction of sp³-hybridized carbons (Fsp3) is 0. The van der Waals surface area contributed by atoms with E-state index < -0.39 is 5.91 Å². The summed E-state index contributed by atoms with van der Waals surface area (Å²) in [4.78, 5) is 14.9. The molecule has 1 aromatic carbocycles. The molecule has 7 heteroatoms. The molecule has 0 aliphatic rings. The molecule has 2 heterocycles. The molecule has 0 unspecified atom stereocenters. The molecule has 0 fully saturated rings. The Kier molecular flexibility index (Phi) is 1.91. The van der Waals surface area contributed by atoms with Crippen molar-refractivity contribution >= 4 is 16.8 Å². The van der Waals surface area contributed by atoms with Gasteiger partial charge in [-0.3, -0.25) is 15.0 Å². The molecule has 2 aromatic heterocycles. The molecule has 0 bridgehead atoms. The minimum atomic E-state index is -0.649. The van der Waals surface area contributed by atoms with Crippen LogP contribution in [0.4, 0.5) is 0 Å². The SMILES string of the molecule is NC(=O)c1nc(-c2n[nH]c3ccccc23)n[nH]1. The Labute approximate surface area is 95.1 Å². The maximum Gasteiger partial charge on any atom is 0.286 e. The summed E-state index contributed by atoms with van der Waals surface area (Å²) >= 11 is 0. The minimum absolute atomic E-state index is 0.0204. The van der Waals surface area contributed by atoms with Gasteiger partial charge in [0.1, 0.15) is 5.69 Å². The predicted molar refractivity (Wildman–Crippen MR) is 60.0 cm³/mol. The standard InChI is InChI=1S/C10H8N6O/c11-8(17)10-12-9(15-16-10)7-5-3-1-2-4-6(5)13-14-7/h1-4H,(H2,11,17)(H,13,14)(H,12,15,16). The summed E-state index contributed by atoms with van der Waals surface area (Å²) in [7, 11) is 0. The number of hydrogen-bond donors (Lipinski definition) is 3. The van der Waals surface area contributed by atoms with E-state index in [1.54, 1.807) is 0 Å². The van der Waals surface area contributed by atoms with Crippen molar-refractivity contribution in [3.63, 3.8) is 0 Å². The predicted octanol–water partition coefficient (Wildman–Crippen LogP) is 0.447. The number of aromatic amines is 2. The highest BCUT2D eigenvalue weighted by molar-refractivity contribution is 5.92. The number of rotatable bonds is 2. The van der Waals surface area contributed by atoms with Crippen molar-refractivity contribution in [2.75, 3.05) is 0 Å². The third kappa shape index (κ3) is 1.44. The molecule has 0 saturated carbocycles. The summed E-state index contributed by atoms with van der Waals surface area (Å²) in [5, 5.41) is 14.3. The Balaban J connectivity index is 2.17. The van der Waals surface area contributed by atoms with Crippen LogP contribution in [-0.4, -0.2) is 31.3 Å². The van der Waals surface area contributed by atoms with Crippen molar-refractivity contribution < 1.29 is 4.79 Å². The summed E-state index contributed by atoms with van der Waals surface area (Å²) in [6.45, 7) is 0. The van der Waals surface area contributed by atoms with Crippen molar-refractivity contribution in [1.29, 1.82) is 0 Å². The molecule has 84 valence electrons. The Morgan fingerprint density at radius 1 is 1.18 bits per heavy atom. The maximum absolute atomic E-state index is 10.9. The number of primary amides is 1. The number of carbonyl (C=O) groups is 1. The maximum atomic E-state index is 10.9. The van der Waals surface area contributed by atoms with Crippen molar-refractivity contribution in [2.45, 2.75) is 0 Å². The molecule has 7 nitrogen and oxygen atoms in total. The number of nitrogens with two attached hydrogens (primary N) is 1. The zero-order valence-corrected chi connectivity index (χ0v) is 8.64. The monoisotopic (exact) mass is 228 g/mol. The molecule has 0 radical (unpaired) electrons. The summed E-state index contributed by atoms with van der Waals surface area (Å²) in [5.74, 6) is -0.285. The van der Waals surface area contributed by atoms with Gasteiger partial charge in [0.25, 0.3) is 5.91 Å². The van der Waals surface area contributed by atoms with Crippen LogP contribution in [0.5, 0.6) is 0 Å². The van der Waals surface area contributed by atoms with Gasteiger partial charge in [-0.25, -0.2) is 4.98 Å². The van der Waals surface area contributed by atoms with Gasteiger partial charge >= 0.3 is 0 Å². The molecule has 0 saturated heterocycles. The van der Waals surface area contributed by atoms with E-state index in [4.69, 9.17) is 5.73 Å². The van der Waals surface area contributed by atoms with E-state index in [-0.39, 0.29) is 5.82 Å². The number of benzene rings is 1. The fourth-order valence-electron chi connectivity index (χ4n) is 1.61. The zero-order valence-electron chi connectivity index (χ0n) is 8.64. The lowest BCUT2D eigenvalue weighted by molar-refractivity contribution is 0.0991. The van der Waals surface area contributed by atoms with E-state index in [2.05, 4.69) is 25.4 Å². The Bertz CT molecular complexity index is 697. The number of amides is 1. The molecule has 0 spiro atoms. The smallest absolute Gasteiger partial charge is 0.286 e. The van der Waals surface area contributed by atoms with Gasteiger partial charge in [-0.05, 0) is 6.07 Å². The number of nitrogens with zero attached hydrogens (tertiary/aromatic N) is 3. The second-order valence-corrected chi connectivity index (χ2v) is 3.49. The van der Waals surface area contributed by atoms with Gasteiger partial charge in [0, 0.05) is 5.39 Å². The lowest BCUT2D eigenvalue weighted by Gasteiger charge is -1.89. The summed E-state index contributed by atoms with van der Waals surface area (Å²) in [5.41, 5.74) is 6.56. The van der Waals surface area contributed by atoms with Gasteiger partial charge in [0.15, 0.2) is 0 Å². The molecule has 3 rings (SSSR count). The number of aromatic nitrogens is 5. The van der Waals surface area contributed by atoms with Crippen LogP contribution in [0.15, 0.2) is 24.3 Å². The average molecular weight is 228 g/mol. The van der Waals surface area contributed by atoms with Crippen LogP contribution >= 0.6 is 0 Å². The second kappa shape index (κ2) is 3.41. The van der Waals surface area contributed by atoms with Crippen LogP contribution in [-0.2, 0) is 0 Å². The molecule has 0 atom stereocenters. The number of H-pyrrole nitrogens is 2. The van der Waals surface area contributed by atoms with Gasteiger partial charge in [-0.1, -0.05) is 18.2 Å². The van der Waals surface area contributed by atoms with Crippen molar-refractivity contribution in [3.05, 3.63) is 30.1 Å². The summed E-state index contributed by atoms with van der Waals surface area (Å²) in [6, 6.07) is 7.59. The minimum Gasteiger partial charge on any atom is -0.363 e. The van der Waals surface area contributed by atoms with E-state index >= 15 is 0 Å². The number of hydrogen-bond acceptors (Lipinski definition) is 4. The first kappa shape index (κ1) is 9.52. The van der Waals surface area contributed by atoms with E-state index in [0.29, 0.717) is 11.5 Å². The first-order valence-electron chi connectivity index (χ1n) is 4.91. The molecular formula is C10H8N6O. The van der Waals surface area contributed by atoms with Crippen LogP contribution in [0.2, 0.25) is 0 Å². The molecule has 1 amide bonds. The third-order valence-electron chi connectivity index (χ3n) is 2.40. The van der Waals surface area contributed by atoms with Gasteiger partial charge in [-0.2, -0.15) is 10.2 Å². The van der Waals surface area contributed by atoms with Crippen LogP contribution in [0.1, 0.15) is 10.6 Å². The highest BCUT2D eigenvalue weighted by Crippen LogP contribution is 2.22. The largest absolute Gasteiger partial charge is 0.363 e. The molecule has 0 aliphatic carbocycles. The van der Waals surface area contributed by atoms with E-state index in [9.17, 15) is 4.79 Å². The van der Waals surface area contributed by atoms with Gasteiger partial charge in [-0.15, -0.1) is 0 Å². The van der Waals surface area contributed by atoms with E-state index in [0.717, 1.165) is 10.9 Å². The first-order valence-corrected chi connectivity index (χ1v) is 4.91. The Hall–Kier alpha value is -2.70. The second-order valence-electron chi connectivity index (χ2n) is 3.49. The zero-order chi connectivity index (χ0) is 11.8. The van der Waals surface area contributed by atoms with Crippen molar-refractivity contribution in [3.8, 4) is 11.5 Å². The summed E-state index contributed by atoms with van der Waals surface area (Å²) in [6.07, 6.45) is 0. The highest BCUT2D eigenvalue weighted by atomic mass is 16.1.